The van der Waals surface area contributed by atoms with Gasteiger partial charge in [0.05, 0.1) is 23.2 Å². The molecule has 2 aromatic heterocycles. The lowest BCUT2D eigenvalue weighted by Crippen LogP contribution is -2.11. The molecule has 0 aliphatic carbocycles. The van der Waals surface area contributed by atoms with Crippen molar-refractivity contribution in [3.63, 3.8) is 0 Å². The van der Waals surface area contributed by atoms with Crippen LogP contribution in [0.15, 0.2) is 22.1 Å². The van der Waals surface area contributed by atoms with Gasteiger partial charge in [-0.2, -0.15) is 0 Å². The minimum absolute atomic E-state index is 0.308. The van der Waals surface area contributed by atoms with Crippen molar-refractivity contribution in [3.05, 3.63) is 40.0 Å². The number of hydrogen-bond donors (Lipinski definition) is 0. The van der Waals surface area contributed by atoms with Crippen LogP contribution in [0, 0.1) is 18.6 Å². The van der Waals surface area contributed by atoms with Crippen molar-refractivity contribution in [2.45, 2.75) is 17.7 Å². The van der Waals surface area contributed by atoms with Gasteiger partial charge in [0, 0.05) is 10.9 Å². The number of hydrogen-bond acceptors (Lipinski definition) is 5. The molecule has 18 heavy (non-hydrogen) atoms. The number of aromatic nitrogens is 2. The normalized spacial score (nSPS) is 11.7. The molecule has 0 aliphatic rings. The molecule has 0 N–H and O–H groups in total. The standard InChI is InChI=1S/C10H8F2N2O2S2/c1-6-8(11)2-13-10(9(6)12)18(15,16)4-7-3-17-5-14-7/h2-3,5H,4H2,1H3. The van der Waals surface area contributed by atoms with Gasteiger partial charge in [-0.15, -0.1) is 11.3 Å². The van der Waals surface area contributed by atoms with Crippen LogP contribution >= 0.6 is 11.3 Å². The molecule has 0 aliphatic heterocycles. The molecular weight excluding hydrogens is 282 g/mol. The minimum atomic E-state index is -3.96. The Labute approximate surface area is 106 Å². The summed E-state index contributed by atoms with van der Waals surface area (Å²) in [6, 6.07) is 0. The molecule has 4 nitrogen and oxygen atoms in total. The van der Waals surface area contributed by atoms with Crippen LogP contribution in [0.2, 0.25) is 0 Å². The maximum Gasteiger partial charge on any atom is 0.204 e. The molecule has 0 unspecified atom stereocenters. The highest BCUT2D eigenvalue weighted by molar-refractivity contribution is 7.90. The van der Waals surface area contributed by atoms with E-state index in [1.165, 1.54) is 16.8 Å². The monoisotopic (exact) mass is 290 g/mol. The summed E-state index contributed by atoms with van der Waals surface area (Å²) in [7, 11) is -3.96. The molecule has 0 saturated heterocycles. The fourth-order valence-corrected chi connectivity index (χ4v) is 3.31. The van der Waals surface area contributed by atoms with E-state index in [-0.39, 0.29) is 5.56 Å². The van der Waals surface area contributed by atoms with Crippen LogP contribution in [0.4, 0.5) is 8.78 Å². The van der Waals surface area contributed by atoms with Crippen molar-refractivity contribution < 1.29 is 17.2 Å². The molecule has 0 fully saturated rings. The van der Waals surface area contributed by atoms with Crippen LogP contribution in [-0.2, 0) is 15.6 Å². The van der Waals surface area contributed by atoms with E-state index in [2.05, 4.69) is 9.97 Å². The topological polar surface area (TPSA) is 59.9 Å². The molecule has 0 atom stereocenters. The van der Waals surface area contributed by atoms with Crippen LogP contribution < -0.4 is 0 Å². The zero-order valence-electron chi connectivity index (χ0n) is 9.22. The van der Waals surface area contributed by atoms with Crippen molar-refractivity contribution in [2.75, 3.05) is 0 Å². The molecule has 0 aromatic carbocycles. The van der Waals surface area contributed by atoms with Gasteiger partial charge in [-0.1, -0.05) is 0 Å². The zero-order chi connectivity index (χ0) is 13.3. The van der Waals surface area contributed by atoms with E-state index < -0.39 is 32.3 Å². The first kappa shape index (κ1) is 13.0. The van der Waals surface area contributed by atoms with Gasteiger partial charge >= 0.3 is 0 Å². The molecule has 0 saturated carbocycles. The van der Waals surface area contributed by atoms with Gasteiger partial charge in [0.25, 0.3) is 0 Å². The maximum absolute atomic E-state index is 13.7. The lowest BCUT2D eigenvalue weighted by Gasteiger charge is -2.05. The van der Waals surface area contributed by atoms with Gasteiger partial charge < -0.3 is 0 Å². The predicted octanol–water partition coefficient (Wildman–Crippen LogP) is 2.10. The Morgan fingerprint density at radius 3 is 2.67 bits per heavy atom. The number of pyridine rings is 1. The number of sulfone groups is 1. The number of thiazole rings is 1. The van der Waals surface area contributed by atoms with E-state index in [4.69, 9.17) is 0 Å². The molecule has 0 radical (unpaired) electrons. The van der Waals surface area contributed by atoms with Crippen molar-refractivity contribution in [3.8, 4) is 0 Å². The lowest BCUT2D eigenvalue weighted by atomic mass is 10.3. The van der Waals surface area contributed by atoms with E-state index in [0.717, 1.165) is 6.92 Å². The van der Waals surface area contributed by atoms with E-state index in [9.17, 15) is 17.2 Å². The second-order valence-corrected chi connectivity index (χ2v) is 6.21. The molecule has 96 valence electrons. The van der Waals surface area contributed by atoms with Crippen molar-refractivity contribution >= 4 is 21.2 Å². The molecule has 0 bridgehead atoms. The van der Waals surface area contributed by atoms with Crippen molar-refractivity contribution in [2.24, 2.45) is 0 Å². The Kier molecular flexibility index (Phi) is 3.40. The summed E-state index contributed by atoms with van der Waals surface area (Å²) in [5, 5.41) is 0.806. The Balaban J connectivity index is 2.45. The average Bonchev–Trinajstić information content (AvgIpc) is 2.77. The van der Waals surface area contributed by atoms with Gasteiger partial charge in [0.15, 0.2) is 10.8 Å². The van der Waals surface area contributed by atoms with E-state index >= 15 is 0 Å². The Bertz CT molecular complexity index is 669. The van der Waals surface area contributed by atoms with E-state index in [1.807, 2.05) is 0 Å². The molecule has 2 heterocycles. The van der Waals surface area contributed by atoms with Crippen molar-refractivity contribution in [1.29, 1.82) is 0 Å². The van der Waals surface area contributed by atoms with E-state index in [1.54, 1.807) is 5.38 Å². The summed E-state index contributed by atoms with van der Waals surface area (Å²) in [5.41, 5.74) is 1.43. The Hall–Kier alpha value is -1.41. The zero-order valence-corrected chi connectivity index (χ0v) is 10.9. The maximum atomic E-state index is 13.7. The molecule has 0 amide bonds. The second-order valence-electron chi connectivity index (χ2n) is 3.59. The molecule has 2 rings (SSSR count). The van der Waals surface area contributed by atoms with Crippen molar-refractivity contribution in [1.82, 2.24) is 9.97 Å². The fraction of sp³-hybridized carbons (Fsp3) is 0.200. The summed E-state index contributed by atoms with van der Waals surface area (Å²) in [6.07, 6.45) is 0.701. The van der Waals surface area contributed by atoms with Gasteiger partial charge in [-0.25, -0.2) is 27.2 Å². The first-order valence-corrected chi connectivity index (χ1v) is 7.42. The molecule has 8 heteroatoms. The van der Waals surface area contributed by atoms with Gasteiger partial charge in [-0.3, -0.25) is 0 Å². The van der Waals surface area contributed by atoms with Crippen LogP contribution in [0.5, 0.6) is 0 Å². The Morgan fingerprint density at radius 2 is 2.06 bits per heavy atom. The van der Waals surface area contributed by atoms with Gasteiger partial charge in [0.1, 0.15) is 5.82 Å². The third kappa shape index (κ3) is 2.39. The van der Waals surface area contributed by atoms with E-state index in [0.29, 0.717) is 11.9 Å². The van der Waals surface area contributed by atoms with Gasteiger partial charge in [-0.05, 0) is 6.92 Å². The summed E-state index contributed by atoms with van der Waals surface area (Å²) >= 11 is 1.24. The van der Waals surface area contributed by atoms with Crippen LogP contribution in [-0.4, -0.2) is 18.4 Å². The fourth-order valence-electron chi connectivity index (χ4n) is 1.32. The lowest BCUT2D eigenvalue weighted by molar-refractivity contribution is 0.519. The molecular formula is C10H8F2N2O2S2. The summed E-state index contributed by atoms with van der Waals surface area (Å²) in [5.74, 6) is -2.48. The van der Waals surface area contributed by atoms with Crippen LogP contribution in [0.1, 0.15) is 11.3 Å². The quantitative estimate of drug-likeness (QED) is 0.868. The SMILES string of the molecule is Cc1c(F)cnc(S(=O)(=O)Cc2cscn2)c1F. The third-order valence-electron chi connectivity index (χ3n) is 2.29. The molecule has 2 aromatic rings. The van der Waals surface area contributed by atoms with Crippen LogP contribution in [0.3, 0.4) is 0 Å². The van der Waals surface area contributed by atoms with Gasteiger partial charge in [0.2, 0.25) is 9.84 Å². The van der Waals surface area contributed by atoms with Crippen LogP contribution in [0.25, 0.3) is 0 Å². The summed E-state index contributed by atoms with van der Waals surface area (Å²) < 4.78 is 50.6. The largest absolute Gasteiger partial charge is 0.249 e. The third-order valence-corrected chi connectivity index (χ3v) is 4.47. The predicted molar refractivity (Wildman–Crippen MR) is 61.9 cm³/mol. The minimum Gasteiger partial charge on any atom is -0.249 e. The number of nitrogens with zero attached hydrogens (tertiary/aromatic N) is 2. The smallest absolute Gasteiger partial charge is 0.204 e. The summed E-state index contributed by atoms with van der Waals surface area (Å²) in [6.45, 7) is 1.16. The number of halogens is 2. The second kappa shape index (κ2) is 4.69. The average molecular weight is 290 g/mol. The molecule has 0 spiro atoms. The highest BCUT2D eigenvalue weighted by Gasteiger charge is 2.25. The first-order valence-electron chi connectivity index (χ1n) is 4.82. The highest BCUT2D eigenvalue weighted by Crippen LogP contribution is 2.21. The Morgan fingerprint density at radius 1 is 1.33 bits per heavy atom. The number of rotatable bonds is 3. The summed E-state index contributed by atoms with van der Waals surface area (Å²) in [4.78, 5) is 7.14. The highest BCUT2D eigenvalue weighted by atomic mass is 32.2. The first-order chi connectivity index (χ1) is 8.42.